The van der Waals surface area contributed by atoms with Crippen LogP contribution in [0.15, 0.2) is 54.7 Å². The Morgan fingerprint density at radius 2 is 1.84 bits per heavy atom. The summed E-state index contributed by atoms with van der Waals surface area (Å²) in [5.41, 5.74) is 2.92. The molecule has 1 fully saturated rings. The number of halogens is 1. The van der Waals surface area contributed by atoms with Gasteiger partial charge in [0.25, 0.3) is 5.91 Å². The van der Waals surface area contributed by atoms with Crippen molar-refractivity contribution in [1.29, 1.82) is 0 Å². The Morgan fingerprint density at radius 3 is 2.65 bits per heavy atom. The Kier molecular flexibility index (Phi) is 5.11. The van der Waals surface area contributed by atoms with E-state index >= 15 is 0 Å². The monoisotopic (exact) mass is 418 g/mol. The predicted octanol–water partition coefficient (Wildman–Crippen LogP) is 3.71. The molecule has 5 rings (SSSR count). The van der Waals surface area contributed by atoms with Crippen molar-refractivity contribution in [2.75, 3.05) is 36.1 Å². The fourth-order valence-electron chi connectivity index (χ4n) is 4.31. The van der Waals surface area contributed by atoms with E-state index in [1.54, 1.807) is 23.1 Å². The van der Waals surface area contributed by atoms with Crippen molar-refractivity contribution in [1.82, 2.24) is 9.97 Å². The Hall–Kier alpha value is -3.32. The molecule has 1 unspecified atom stereocenters. The Labute approximate surface area is 180 Å². The average molecular weight is 418 g/mol. The molecule has 0 aliphatic carbocycles. The van der Waals surface area contributed by atoms with E-state index in [1.807, 2.05) is 36.1 Å². The number of ether oxygens (including phenoxy) is 1. The first-order chi connectivity index (χ1) is 15.1. The van der Waals surface area contributed by atoms with Gasteiger partial charge >= 0.3 is 0 Å². The van der Waals surface area contributed by atoms with E-state index in [2.05, 4.69) is 9.97 Å². The van der Waals surface area contributed by atoms with Gasteiger partial charge < -0.3 is 14.5 Å². The van der Waals surface area contributed by atoms with Gasteiger partial charge in [-0.3, -0.25) is 4.79 Å². The highest BCUT2D eigenvalue weighted by molar-refractivity contribution is 6.11. The number of anilines is 2. The standard InChI is InChI=1S/C24H23FN4O2/c1-16-14-17-6-2-5-9-21(17)29(16)23(30)19-15-26-24(28-10-12-31-13-11-28)27-22(19)18-7-3-4-8-20(18)25/h2-9,15-16H,10-14H2,1H3. The summed E-state index contributed by atoms with van der Waals surface area (Å²) in [4.78, 5) is 26.6. The molecule has 0 N–H and O–H groups in total. The third-order valence-corrected chi connectivity index (χ3v) is 5.86. The number of benzene rings is 2. The first-order valence-electron chi connectivity index (χ1n) is 10.5. The van der Waals surface area contributed by atoms with E-state index in [4.69, 9.17) is 4.74 Å². The highest BCUT2D eigenvalue weighted by Crippen LogP contribution is 2.35. The van der Waals surface area contributed by atoms with Gasteiger partial charge in [0.05, 0.1) is 24.5 Å². The second-order valence-corrected chi connectivity index (χ2v) is 7.87. The molecule has 0 saturated carbocycles. The maximum absolute atomic E-state index is 14.8. The van der Waals surface area contributed by atoms with Crippen molar-refractivity contribution >= 4 is 17.5 Å². The van der Waals surface area contributed by atoms with Gasteiger partial charge in [0.2, 0.25) is 5.95 Å². The number of para-hydroxylation sites is 1. The summed E-state index contributed by atoms with van der Waals surface area (Å²) in [6.45, 7) is 4.49. The summed E-state index contributed by atoms with van der Waals surface area (Å²) in [5.74, 6) is -0.157. The van der Waals surface area contributed by atoms with Gasteiger partial charge in [0.1, 0.15) is 5.82 Å². The summed E-state index contributed by atoms with van der Waals surface area (Å²) < 4.78 is 20.2. The molecule has 2 aliphatic heterocycles. The van der Waals surface area contributed by atoms with Crippen LogP contribution < -0.4 is 9.80 Å². The number of carbonyl (C=O) groups excluding carboxylic acids is 1. The maximum atomic E-state index is 14.8. The molecule has 2 aliphatic rings. The van der Waals surface area contributed by atoms with E-state index in [1.165, 1.54) is 12.3 Å². The van der Waals surface area contributed by atoms with Gasteiger partial charge in [-0.2, -0.15) is 0 Å². The topological polar surface area (TPSA) is 58.6 Å². The van der Waals surface area contributed by atoms with Crippen LogP contribution in [0.4, 0.5) is 16.0 Å². The van der Waals surface area contributed by atoms with Crippen LogP contribution in [0.25, 0.3) is 11.3 Å². The molecule has 3 aromatic rings. The van der Waals surface area contributed by atoms with Crippen LogP contribution in [0.1, 0.15) is 22.8 Å². The molecule has 1 aromatic heterocycles. The van der Waals surface area contributed by atoms with E-state index in [9.17, 15) is 9.18 Å². The number of aromatic nitrogens is 2. The van der Waals surface area contributed by atoms with Gasteiger partial charge in [0, 0.05) is 36.6 Å². The van der Waals surface area contributed by atoms with Gasteiger partial charge in [0.15, 0.2) is 0 Å². The van der Waals surface area contributed by atoms with Gasteiger partial charge in [-0.15, -0.1) is 0 Å². The number of carbonyl (C=O) groups is 1. The highest BCUT2D eigenvalue weighted by Gasteiger charge is 2.33. The fourth-order valence-corrected chi connectivity index (χ4v) is 4.31. The minimum atomic E-state index is -0.418. The van der Waals surface area contributed by atoms with Crippen molar-refractivity contribution in [3.8, 4) is 11.3 Å². The van der Waals surface area contributed by atoms with E-state index in [-0.39, 0.29) is 11.9 Å². The molecule has 2 aromatic carbocycles. The largest absolute Gasteiger partial charge is 0.378 e. The number of fused-ring (bicyclic) bond motifs is 1. The second-order valence-electron chi connectivity index (χ2n) is 7.87. The van der Waals surface area contributed by atoms with Crippen LogP contribution in [-0.2, 0) is 11.2 Å². The number of nitrogens with zero attached hydrogens (tertiary/aromatic N) is 4. The minimum absolute atomic E-state index is 0.00251. The molecule has 7 heteroatoms. The molecule has 1 atom stereocenters. The average Bonchev–Trinajstić information content (AvgIpc) is 3.15. The third kappa shape index (κ3) is 3.55. The van der Waals surface area contributed by atoms with E-state index < -0.39 is 5.82 Å². The number of amides is 1. The summed E-state index contributed by atoms with van der Waals surface area (Å²) in [5, 5.41) is 0. The Morgan fingerprint density at radius 1 is 1.10 bits per heavy atom. The first kappa shape index (κ1) is 19.6. The lowest BCUT2D eigenvalue weighted by molar-refractivity contribution is 0.0981. The van der Waals surface area contributed by atoms with Crippen LogP contribution >= 0.6 is 0 Å². The molecule has 6 nitrogen and oxygen atoms in total. The zero-order chi connectivity index (χ0) is 21.4. The quantitative estimate of drug-likeness (QED) is 0.649. The molecular weight excluding hydrogens is 395 g/mol. The van der Waals surface area contributed by atoms with Gasteiger partial charge in [-0.05, 0) is 37.1 Å². The van der Waals surface area contributed by atoms with Crippen molar-refractivity contribution in [3.05, 3.63) is 71.7 Å². The molecule has 158 valence electrons. The molecule has 0 spiro atoms. The third-order valence-electron chi connectivity index (χ3n) is 5.86. The smallest absolute Gasteiger partial charge is 0.262 e. The van der Waals surface area contributed by atoms with Crippen LogP contribution in [0, 0.1) is 5.82 Å². The second kappa shape index (κ2) is 8.07. The SMILES string of the molecule is CC1Cc2ccccc2N1C(=O)c1cnc(N2CCOCC2)nc1-c1ccccc1F. The predicted molar refractivity (Wildman–Crippen MR) is 117 cm³/mol. The summed E-state index contributed by atoms with van der Waals surface area (Å²) in [7, 11) is 0. The molecule has 1 amide bonds. The van der Waals surface area contributed by atoms with Crippen LogP contribution in [0.5, 0.6) is 0 Å². The lowest BCUT2D eigenvalue weighted by Gasteiger charge is -2.28. The lowest BCUT2D eigenvalue weighted by Crippen LogP contribution is -2.38. The molecule has 3 heterocycles. The molecular formula is C24H23FN4O2. The fraction of sp³-hybridized carbons (Fsp3) is 0.292. The maximum Gasteiger partial charge on any atom is 0.262 e. The van der Waals surface area contributed by atoms with Crippen LogP contribution in [0.2, 0.25) is 0 Å². The molecule has 1 saturated heterocycles. The number of morpholine rings is 1. The van der Waals surface area contributed by atoms with Crippen LogP contribution in [0.3, 0.4) is 0 Å². The molecule has 0 bridgehead atoms. The summed E-state index contributed by atoms with van der Waals surface area (Å²) >= 11 is 0. The summed E-state index contributed by atoms with van der Waals surface area (Å²) in [6, 6.07) is 14.3. The summed E-state index contributed by atoms with van der Waals surface area (Å²) in [6.07, 6.45) is 2.32. The lowest BCUT2D eigenvalue weighted by atomic mass is 10.0. The van der Waals surface area contributed by atoms with Crippen LogP contribution in [-0.4, -0.2) is 48.2 Å². The Bertz CT molecular complexity index is 1130. The zero-order valence-corrected chi connectivity index (χ0v) is 17.3. The number of hydrogen-bond acceptors (Lipinski definition) is 5. The van der Waals surface area contributed by atoms with Crippen molar-refractivity contribution in [2.24, 2.45) is 0 Å². The minimum Gasteiger partial charge on any atom is -0.378 e. The van der Waals surface area contributed by atoms with Crippen molar-refractivity contribution in [3.63, 3.8) is 0 Å². The molecule has 0 radical (unpaired) electrons. The first-order valence-corrected chi connectivity index (χ1v) is 10.5. The number of hydrogen-bond donors (Lipinski definition) is 0. The van der Waals surface area contributed by atoms with Gasteiger partial charge in [-0.1, -0.05) is 30.3 Å². The van der Waals surface area contributed by atoms with E-state index in [0.29, 0.717) is 49.1 Å². The van der Waals surface area contributed by atoms with Crippen molar-refractivity contribution < 1.29 is 13.9 Å². The Balaban J connectivity index is 1.61. The van der Waals surface area contributed by atoms with Gasteiger partial charge in [-0.25, -0.2) is 14.4 Å². The zero-order valence-electron chi connectivity index (χ0n) is 17.3. The van der Waals surface area contributed by atoms with E-state index in [0.717, 1.165) is 17.7 Å². The normalized spacial score (nSPS) is 18.2. The molecule has 31 heavy (non-hydrogen) atoms. The highest BCUT2D eigenvalue weighted by atomic mass is 19.1. The number of rotatable bonds is 3. The van der Waals surface area contributed by atoms with Crippen molar-refractivity contribution in [2.45, 2.75) is 19.4 Å².